The summed E-state index contributed by atoms with van der Waals surface area (Å²) in [5.41, 5.74) is 1.47. The van der Waals surface area contributed by atoms with Gasteiger partial charge in [0.2, 0.25) is 6.41 Å². The monoisotopic (exact) mass is 390 g/mol. The van der Waals surface area contributed by atoms with Crippen LogP contribution in [0.2, 0.25) is 0 Å². The van der Waals surface area contributed by atoms with Gasteiger partial charge in [-0.15, -0.1) is 0 Å². The van der Waals surface area contributed by atoms with Crippen LogP contribution >= 0.6 is 15.9 Å². The van der Waals surface area contributed by atoms with E-state index in [1.54, 1.807) is 18.5 Å². The highest BCUT2D eigenvalue weighted by Crippen LogP contribution is 2.20. The van der Waals surface area contributed by atoms with Crippen molar-refractivity contribution in [1.82, 2.24) is 10.0 Å². The van der Waals surface area contributed by atoms with Crippen molar-refractivity contribution in [2.24, 2.45) is 0 Å². The third-order valence-electron chi connectivity index (χ3n) is 3.04. The molecule has 124 valence electrons. The summed E-state index contributed by atoms with van der Waals surface area (Å²) in [5, 5.41) is 0.853. The molecule has 0 aliphatic carbocycles. The number of carbonyl (C=O) groups excluding carboxylic acids is 2. The number of hydroxylamine groups is 2. The zero-order valence-corrected chi connectivity index (χ0v) is 14.5. The van der Waals surface area contributed by atoms with Crippen LogP contribution in [0.25, 0.3) is 6.08 Å². The molecule has 0 saturated carbocycles. The maximum Gasteiger partial charge on any atom is 0.357 e. The number of carbonyl (C=O) groups is 2. The lowest BCUT2D eigenvalue weighted by Gasteiger charge is -2.18. The van der Waals surface area contributed by atoms with Gasteiger partial charge in [0, 0.05) is 16.9 Å². The Labute approximate surface area is 147 Å². The van der Waals surface area contributed by atoms with Crippen LogP contribution in [0.1, 0.15) is 11.1 Å². The zero-order valence-electron chi connectivity index (χ0n) is 12.9. The SMILES string of the molecule is COC(=O)/C(=C/c1ccncc1Br)N(C=O)OCc1ccccc1. The van der Waals surface area contributed by atoms with Crippen LogP contribution in [0, 0.1) is 0 Å². The molecule has 0 unspecified atom stereocenters. The Morgan fingerprint density at radius 3 is 2.67 bits per heavy atom. The Bertz CT molecular complexity index is 734. The van der Waals surface area contributed by atoms with E-state index < -0.39 is 5.97 Å². The summed E-state index contributed by atoms with van der Waals surface area (Å²) in [5.74, 6) is -0.695. The fourth-order valence-corrected chi connectivity index (χ4v) is 2.21. The molecule has 0 saturated heterocycles. The number of methoxy groups -OCH3 is 1. The molecule has 1 aromatic heterocycles. The average Bonchev–Trinajstić information content (AvgIpc) is 2.63. The smallest absolute Gasteiger partial charge is 0.357 e. The highest BCUT2D eigenvalue weighted by atomic mass is 79.9. The summed E-state index contributed by atoms with van der Waals surface area (Å²) in [7, 11) is 1.23. The van der Waals surface area contributed by atoms with Gasteiger partial charge >= 0.3 is 5.97 Å². The molecule has 0 bridgehead atoms. The highest BCUT2D eigenvalue weighted by molar-refractivity contribution is 9.10. The number of amides is 1. The van der Waals surface area contributed by atoms with Gasteiger partial charge in [-0.05, 0) is 39.2 Å². The number of ether oxygens (including phenoxy) is 1. The van der Waals surface area contributed by atoms with Crippen LogP contribution in [0.15, 0.2) is 59.0 Å². The van der Waals surface area contributed by atoms with Crippen molar-refractivity contribution in [2.45, 2.75) is 6.61 Å². The fourth-order valence-electron chi connectivity index (χ4n) is 1.84. The van der Waals surface area contributed by atoms with Gasteiger partial charge in [0.15, 0.2) is 5.70 Å². The van der Waals surface area contributed by atoms with Gasteiger partial charge in [0.05, 0.1) is 7.11 Å². The number of hydrogen-bond acceptors (Lipinski definition) is 5. The van der Waals surface area contributed by atoms with E-state index in [0.717, 1.165) is 10.6 Å². The van der Waals surface area contributed by atoms with Gasteiger partial charge in [0.25, 0.3) is 0 Å². The largest absolute Gasteiger partial charge is 0.464 e. The van der Waals surface area contributed by atoms with Gasteiger partial charge in [-0.3, -0.25) is 14.6 Å². The van der Waals surface area contributed by atoms with Crippen LogP contribution in [0.5, 0.6) is 0 Å². The lowest BCUT2D eigenvalue weighted by atomic mass is 10.2. The molecule has 0 aliphatic rings. The quantitative estimate of drug-likeness (QED) is 0.314. The molecule has 2 aromatic rings. The van der Waals surface area contributed by atoms with Crippen molar-refractivity contribution in [3.05, 3.63) is 70.1 Å². The predicted molar refractivity (Wildman–Crippen MR) is 91.1 cm³/mol. The van der Waals surface area contributed by atoms with E-state index in [4.69, 9.17) is 9.57 Å². The van der Waals surface area contributed by atoms with Gasteiger partial charge in [0.1, 0.15) is 6.61 Å². The Morgan fingerprint density at radius 1 is 1.29 bits per heavy atom. The molecule has 1 amide bonds. The highest BCUT2D eigenvalue weighted by Gasteiger charge is 2.20. The normalized spacial score (nSPS) is 11.0. The molecule has 7 heteroatoms. The molecule has 0 N–H and O–H groups in total. The number of esters is 1. The Kier molecular flexibility index (Phi) is 6.65. The lowest BCUT2D eigenvalue weighted by molar-refractivity contribution is -0.172. The standard InChI is InChI=1S/C17H15BrN2O4/c1-23-17(22)16(9-14-7-8-19-10-15(14)18)20(12-21)24-11-13-5-3-2-4-6-13/h2-10,12H,11H2,1H3/b16-9-. The summed E-state index contributed by atoms with van der Waals surface area (Å²) in [6.07, 6.45) is 5.05. The minimum Gasteiger partial charge on any atom is -0.464 e. The molecule has 0 fully saturated rings. The van der Waals surface area contributed by atoms with Gasteiger partial charge in [-0.25, -0.2) is 4.79 Å². The second kappa shape index (κ2) is 8.95. The third-order valence-corrected chi connectivity index (χ3v) is 3.70. The molecule has 0 spiro atoms. The van der Waals surface area contributed by atoms with Crippen LogP contribution in [-0.2, 0) is 25.8 Å². The van der Waals surface area contributed by atoms with Crippen LogP contribution in [0.3, 0.4) is 0 Å². The number of pyridine rings is 1. The van der Waals surface area contributed by atoms with E-state index in [9.17, 15) is 9.59 Å². The fraction of sp³-hybridized carbons (Fsp3) is 0.118. The van der Waals surface area contributed by atoms with Gasteiger partial charge in [-0.2, -0.15) is 5.06 Å². The second-order valence-electron chi connectivity index (χ2n) is 4.61. The summed E-state index contributed by atoms with van der Waals surface area (Å²) in [6, 6.07) is 11.0. The molecule has 2 rings (SSSR count). The van der Waals surface area contributed by atoms with Crippen LogP contribution < -0.4 is 0 Å². The lowest BCUT2D eigenvalue weighted by Crippen LogP contribution is -2.27. The molecule has 0 radical (unpaired) electrons. The number of hydrogen-bond donors (Lipinski definition) is 0. The minimum atomic E-state index is -0.695. The summed E-state index contributed by atoms with van der Waals surface area (Å²) >= 11 is 3.34. The van der Waals surface area contributed by atoms with Crippen LogP contribution in [-0.4, -0.2) is 29.5 Å². The predicted octanol–water partition coefficient (Wildman–Crippen LogP) is 2.95. The van der Waals surface area contributed by atoms with E-state index in [-0.39, 0.29) is 12.3 Å². The molecular weight excluding hydrogens is 376 g/mol. The van der Waals surface area contributed by atoms with Crippen LogP contribution in [0.4, 0.5) is 0 Å². The molecule has 1 heterocycles. The molecular formula is C17H15BrN2O4. The third kappa shape index (κ3) is 4.74. The van der Waals surface area contributed by atoms with E-state index in [1.807, 2.05) is 30.3 Å². The van der Waals surface area contributed by atoms with E-state index in [0.29, 0.717) is 16.4 Å². The number of rotatable bonds is 7. The average molecular weight is 391 g/mol. The molecule has 1 aromatic carbocycles. The van der Waals surface area contributed by atoms with Gasteiger partial charge in [-0.1, -0.05) is 30.3 Å². The van der Waals surface area contributed by atoms with E-state index >= 15 is 0 Å². The van der Waals surface area contributed by atoms with Crippen molar-refractivity contribution < 1.29 is 19.2 Å². The van der Waals surface area contributed by atoms with Gasteiger partial charge < -0.3 is 4.74 Å². The summed E-state index contributed by atoms with van der Waals surface area (Å²) < 4.78 is 5.41. The van der Waals surface area contributed by atoms with Crippen molar-refractivity contribution >= 4 is 34.4 Å². The van der Waals surface area contributed by atoms with Crippen molar-refractivity contribution in [1.29, 1.82) is 0 Å². The topological polar surface area (TPSA) is 68.7 Å². The first-order chi connectivity index (χ1) is 11.7. The van der Waals surface area contributed by atoms with Crippen molar-refractivity contribution in [2.75, 3.05) is 7.11 Å². The van der Waals surface area contributed by atoms with Crippen molar-refractivity contribution in [3.8, 4) is 0 Å². The second-order valence-corrected chi connectivity index (χ2v) is 5.46. The first-order valence-electron chi connectivity index (χ1n) is 6.96. The number of aromatic nitrogens is 1. The molecule has 24 heavy (non-hydrogen) atoms. The number of benzene rings is 1. The first kappa shape index (κ1) is 17.8. The summed E-state index contributed by atoms with van der Waals surface area (Å²) in [4.78, 5) is 32.8. The maximum atomic E-state index is 12.0. The Morgan fingerprint density at radius 2 is 2.04 bits per heavy atom. The Balaban J connectivity index is 2.26. The molecule has 6 nitrogen and oxygen atoms in total. The maximum absolute atomic E-state index is 12.0. The first-order valence-corrected chi connectivity index (χ1v) is 7.76. The zero-order chi connectivity index (χ0) is 17.4. The van der Waals surface area contributed by atoms with Crippen molar-refractivity contribution in [3.63, 3.8) is 0 Å². The minimum absolute atomic E-state index is 0.0460. The Hall–Kier alpha value is -2.51. The van der Waals surface area contributed by atoms with E-state index in [1.165, 1.54) is 13.2 Å². The number of halogens is 1. The number of nitrogens with zero attached hydrogens (tertiary/aromatic N) is 2. The molecule has 0 aliphatic heterocycles. The summed E-state index contributed by atoms with van der Waals surface area (Å²) in [6.45, 7) is 0.130. The molecule has 0 atom stereocenters. The van der Waals surface area contributed by atoms with E-state index in [2.05, 4.69) is 20.9 Å².